The number of halogens is 1. The molecule has 21 heavy (non-hydrogen) atoms. The first kappa shape index (κ1) is 15.4. The van der Waals surface area contributed by atoms with Gasteiger partial charge >= 0.3 is 0 Å². The summed E-state index contributed by atoms with van der Waals surface area (Å²) in [6.45, 7) is 6.44. The van der Waals surface area contributed by atoms with E-state index in [4.69, 9.17) is 17.3 Å². The maximum absolute atomic E-state index is 12.2. The number of benzene rings is 2. The van der Waals surface area contributed by atoms with Gasteiger partial charge in [-0.1, -0.05) is 44.5 Å². The van der Waals surface area contributed by atoms with Crippen LogP contribution < -0.4 is 11.1 Å². The van der Waals surface area contributed by atoms with E-state index in [0.717, 1.165) is 5.69 Å². The van der Waals surface area contributed by atoms with Gasteiger partial charge in [-0.2, -0.15) is 0 Å². The first-order chi connectivity index (χ1) is 9.77. The van der Waals surface area contributed by atoms with Crippen LogP contribution in [0.2, 0.25) is 5.02 Å². The molecule has 0 fully saturated rings. The Hall–Kier alpha value is -2.00. The van der Waals surface area contributed by atoms with Crippen LogP contribution in [0.3, 0.4) is 0 Å². The van der Waals surface area contributed by atoms with E-state index in [1.165, 1.54) is 5.56 Å². The molecule has 0 aliphatic heterocycles. The summed E-state index contributed by atoms with van der Waals surface area (Å²) in [6, 6.07) is 12.7. The van der Waals surface area contributed by atoms with Crippen LogP contribution in [0.15, 0.2) is 42.5 Å². The van der Waals surface area contributed by atoms with Gasteiger partial charge in [0.1, 0.15) is 0 Å². The normalized spacial score (nSPS) is 11.2. The van der Waals surface area contributed by atoms with E-state index in [2.05, 4.69) is 26.1 Å². The molecular weight excluding hydrogens is 284 g/mol. The summed E-state index contributed by atoms with van der Waals surface area (Å²) in [4.78, 5) is 12.2. The number of rotatable bonds is 2. The molecule has 0 atom stereocenters. The van der Waals surface area contributed by atoms with Crippen LogP contribution in [0.1, 0.15) is 36.7 Å². The number of nitrogens with two attached hydrogens (primary N) is 1. The van der Waals surface area contributed by atoms with Crippen LogP contribution in [0.25, 0.3) is 0 Å². The lowest BCUT2D eigenvalue weighted by Crippen LogP contribution is -2.15. The Morgan fingerprint density at radius 2 is 1.71 bits per heavy atom. The number of hydrogen-bond donors (Lipinski definition) is 2. The molecule has 2 aromatic carbocycles. The second-order valence-electron chi connectivity index (χ2n) is 6.01. The van der Waals surface area contributed by atoms with Crippen molar-refractivity contribution in [3.8, 4) is 0 Å². The highest BCUT2D eigenvalue weighted by Gasteiger charge is 2.14. The minimum absolute atomic E-state index is 0.0865. The first-order valence-electron chi connectivity index (χ1n) is 6.74. The minimum atomic E-state index is -0.243. The Bertz CT molecular complexity index is 657. The summed E-state index contributed by atoms with van der Waals surface area (Å²) in [5, 5.41) is 3.35. The standard InChI is InChI=1S/C17H19ClN2O/c1-17(2,3)11-4-7-13(8-5-11)20-16(21)14-9-6-12(18)10-15(14)19/h4-10H,19H2,1-3H3,(H,20,21). The molecule has 0 aliphatic carbocycles. The van der Waals surface area contributed by atoms with Crippen LogP contribution in [-0.4, -0.2) is 5.91 Å². The molecule has 0 radical (unpaired) electrons. The number of carbonyl (C=O) groups is 1. The average Bonchev–Trinajstić information content (AvgIpc) is 2.38. The van der Waals surface area contributed by atoms with Gasteiger partial charge in [0.05, 0.1) is 5.56 Å². The Morgan fingerprint density at radius 1 is 1.10 bits per heavy atom. The van der Waals surface area contributed by atoms with E-state index in [1.54, 1.807) is 18.2 Å². The predicted molar refractivity (Wildman–Crippen MR) is 89.0 cm³/mol. The van der Waals surface area contributed by atoms with Crippen molar-refractivity contribution < 1.29 is 4.79 Å². The van der Waals surface area contributed by atoms with E-state index < -0.39 is 0 Å². The SMILES string of the molecule is CC(C)(C)c1ccc(NC(=O)c2ccc(Cl)cc2N)cc1. The first-order valence-corrected chi connectivity index (χ1v) is 7.12. The molecule has 0 spiro atoms. The zero-order valence-corrected chi connectivity index (χ0v) is 13.2. The van der Waals surface area contributed by atoms with Gasteiger partial charge in [0.15, 0.2) is 0 Å². The van der Waals surface area contributed by atoms with E-state index in [-0.39, 0.29) is 11.3 Å². The Morgan fingerprint density at radius 3 is 2.24 bits per heavy atom. The van der Waals surface area contributed by atoms with Crippen molar-refractivity contribution >= 4 is 28.9 Å². The van der Waals surface area contributed by atoms with Crippen LogP contribution in [-0.2, 0) is 5.41 Å². The van der Waals surface area contributed by atoms with Crippen molar-refractivity contribution in [2.45, 2.75) is 26.2 Å². The fourth-order valence-corrected chi connectivity index (χ4v) is 2.17. The van der Waals surface area contributed by atoms with Crippen molar-refractivity contribution in [1.82, 2.24) is 0 Å². The molecule has 0 saturated carbocycles. The second-order valence-corrected chi connectivity index (χ2v) is 6.45. The highest BCUT2D eigenvalue weighted by atomic mass is 35.5. The van der Waals surface area contributed by atoms with Gasteiger partial charge < -0.3 is 11.1 Å². The summed E-state index contributed by atoms with van der Waals surface area (Å²) >= 11 is 5.83. The zero-order valence-electron chi connectivity index (χ0n) is 12.4. The van der Waals surface area contributed by atoms with E-state index in [0.29, 0.717) is 16.3 Å². The molecule has 0 unspecified atom stereocenters. The molecule has 0 saturated heterocycles. The number of anilines is 2. The predicted octanol–water partition coefficient (Wildman–Crippen LogP) is 4.47. The maximum Gasteiger partial charge on any atom is 0.257 e. The molecule has 3 N–H and O–H groups in total. The smallest absolute Gasteiger partial charge is 0.257 e. The summed E-state index contributed by atoms with van der Waals surface area (Å²) in [5.41, 5.74) is 8.63. The molecule has 3 nitrogen and oxygen atoms in total. The Labute approximate surface area is 130 Å². The fraction of sp³-hybridized carbons (Fsp3) is 0.235. The lowest BCUT2D eigenvalue weighted by molar-refractivity contribution is 0.102. The lowest BCUT2D eigenvalue weighted by atomic mass is 9.87. The third kappa shape index (κ3) is 3.76. The third-order valence-corrected chi connectivity index (χ3v) is 3.50. The second kappa shape index (κ2) is 5.78. The van der Waals surface area contributed by atoms with Gasteiger partial charge in [0.2, 0.25) is 0 Å². The molecule has 0 bridgehead atoms. The Balaban J connectivity index is 2.16. The van der Waals surface area contributed by atoms with Gasteiger partial charge in [-0.15, -0.1) is 0 Å². The molecule has 2 aromatic rings. The molecule has 110 valence electrons. The molecule has 4 heteroatoms. The average molecular weight is 303 g/mol. The van der Waals surface area contributed by atoms with Crippen molar-refractivity contribution in [2.24, 2.45) is 0 Å². The minimum Gasteiger partial charge on any atom is -0.398 e. The number of hydrogen-bond acceptors (Lipinski definition) is 2. The van der Waals surface area contributed by atoms with Crippen LogP contribution in [0, 0.1) is 0 Å². The third-order valence-electron chi connectivity index (χ3n) is 3.27. The number of nitrogen functional groups attached to an aromatic ring is 1. The quantitative estimate of drug-likeness (QED) is 0.804. The summed E-state index contributed by atoms with van der Waals surface area (Å²) in [5.74, 6) is -0.243. The number of amides is 1. The van der Waals surface area contributed by atoms with Crippen molar-refractivity contribution in [1.29, 1.82) is 0 Å². The van der Waals surface area contributed by atoms with Crippen LogP contribution >= 0.6 is 11.6 Å². The molecule has 2 rings (SSSR count). The number of nitrogens with one attached hydrogen (secondary N) is 1. The monoisotopic (exact) mass is 302 g/mol. The highest BCUT2D eigenvalue weighted by molar-refractivity contribution is 6.31. The van der Waals surface area contributed by atoms with Crippen molar-refractivity contribution in [3.63, 3.8) is 0 Å². The largest absolute Gasteiger partial charge is 0.398 e. The van der Waals surface area contributed by atoms with Gasteiger partial charge in [-0.25, -0.2) is 0 Å². The molecule has 0 heterocycles. The van der Waals surface area contributed by atoms with Gasteiger partial charge in [0, 0.05) is 16.4 Å². The van der Waals surface area contributed by atoms with E-state index in [9.17, 15) is 4.79 Å². The number of carbonyl (C=O) groups excluding carboxylic acids is 1. The van der Waals surface area contributed by atoms with Gasteiger partial charge in [0.25, 0.3) is 5.91 Å². The van der Waals surface area contributed by atoms with Gasteiger partial charge in [-0.3, -0.25) is 4.79 Å². The zero-order chi connectivity index (χ0) is 15.6. The van der Waals surface area contributed by atoms with Crippen LogP contribution in [0.4, 0.5) is 11.4 Å². The molecular formula is C17H19ClN2O. The van der Waals surface area contributed by atoms with E-state index >= 15 is 0 Å². The molecule has 0 aliphatic rings. The summed E-state index contributed by atoms with van der Waals surface area (Å²) in [7, 11) is 0. The van der Waals surface area contributed by atoms with Gasteiger partial charge in [-0.05, 0) is 41.3 Å². The fourth-order valence-electron chi connectivity index (χ4n) is 1.99. The van der Waals surface area contributed by atoms with Crippen LogP contribution in [0.5, 0.6) is 0 Å². The van der Waals surface area contributed by atoms with Crippen molar-refractivity contribution in [2.75, 3.05) is 11.1 Å². The Kier molecular flexibility index (Phi) is 4.24. The maximum atomic E-state index is 12.2. The van der Waals surface area contributed by atoms with E-state index in [1.807, 2.05) is 24.3 Å². The summed E-state index contributed by atoms with van der Waals surface area (Å²) < 4.78 is 0. The highest BCUT2D eigenvalue weighted by Crippen LogP contribution is 2.24. The molecule has 0 aromatic heterocycles. The van der Waals surface area contributed by atoms with Crippen molar-refractivity contribution in [3.05, 3.63) is 58.6 Å². The topological polar surface area (TPSA) is 55.1 Å². The molecule has 1 amide bonds. The summed E-state index contributed by atoms with van der Waals surface area (Å²) in [6.07, 6.45) is 0. The lowest BCUT2D eigenvalue weighted by Gasteiger charge is -2.19.